The molecule has 0 atom stereocenters. The average molecular weight is 368 g/mol. The van der Waals surface area contributed by atoms with E-state index >= 15 is 0 Å². The summed E-state index contributed by atoms with van der Waals surface area (Å²) in [6, 6.07) is 8.68. The van der Waals surface area contributed by atoms with Crippen molar-refractivity contribution in [2.75, 3.05) is 26.2 Å². The van der Waals surface area contributed by atoms with Crippen LogP contribution in [0.5, 0.6) is 0 Å². The molecule has 0 radical (unpaired) electrons. The molecule has 2 aromatic heterocycles. The Bertz CT molecular complexity index is 1020. The van der Waals surface area contributed by atoms with E-state index in [0.29, 0.717) is 49.3 Å². The van der Waals surface area contributed by atoms with E-state index in [9.17, 15) is 14.4 Å². The summed E-state index contributed by atoms with van der Waals surface area (Å²) in [5.74, 6) is -0.609. The lowest BCUT2D eigenvalue weighted by Crippen LogP contribution is -2.38. The summed E-state index contributed by atoms with van der Waals surface area (Å²) >= 11 is 0. The summed E-state index contributed by atoms with van der Waals surface area (Å²) < 4.78 is 5.03. The summed E-state index contributed by atoms with van der Waals surface area (Å²) in [4.78, 5) is 45.7. The minimum Gasteiger partial charge on any atom is -0.408 e. The molecular formula is C19H20N4O4. The molecule has 0 aliphatic carbocycles. The maximum Gasteiger partial charge on any atom is 0.417 e. The molecule has 27 heavy (non-hydrogen) atoms. The summed E-state index contributed by atoms with van der Waals surface area (Å²) in [6.45, 7) is 2.20. The van der Waals surface area contributed by atoms with Crippen molar-refractivity contribution in [1.82, 2.24) is 19.8 Å². The van der Waals surface area contributed by atoms with Gasteiger partial charge in [0.2, 0.25) is 5.91 Å². The highest BCUT2D eigenvalue weighted by molar-refractivity contribution is 5.97. The Balaban J connectivity index is 1.42. The third-order valence-corrected chi connectivity index (χ3v) is 4.81. The molecule has 0 bridgehead atoms. The Morgan fingerprint density at radius 2 is 1.89 bits per heavy atom. The summed E-state index contributed by atoms with van der Waals surface area (Å²) in [5.41, 5.74) is 2.28. The number of aromatic nitrogens is 2. The standard InChI is InChI=1S/C19H20N4O4/c24-17(12-14-3-1-6-20-14)22-7-2-8-23(10-9-22)18(25)13-4-5-15-16(11-13)27-19(26)21-15/h1,3-6,11,20H,2,7-10,12H2,(H,21,26). The predicted molar refractivity (Wildman–Crippen MR) is 98.4 cm³/mol. The number of H-pyrrole nitrogens is 2. The van der Waals surface area contributed by atoms with Crippen LogP contribution in [0.25, 0.3) is 11.1 Å². The highest BCUT2D eigenvalue weighted by Gasteiger charge is 2.23. The lowest BCUT2D eigenvalue weighted by Gasteiger charge is -2.22. The number of carbonyl (C=O) groups excluding carboxylic acids is 2. The Hall–Kier alpha value is -3.29. The number of hydrogen-bond donors (Lipinski definition) is 2. The van der Waals surface area contributed by atoms with E-state index in [4.69, 9.17) is 4.42 Å². The van der Waals surface area contributed by atoms with Crippen molar-refractivity contribution < 1.29 is 14.0 Å². The topological polar surface area (TPSA) is 102 Å². The van der Waals surface area contributed by atoms with E-state index in [2.05, 4.69) is 9.97 Å². The van der Waals surface area contributed by atoms with Gasteiger partial charge in [0.25, 0.3) is 5.91 Å². The lowest BCUT2D eigenvalue weighted by atomic mass is 10.1. The number of hydrogen-bond acceptors (Lipinski definition) is 4. The third kappa shape index (κ3) is 3.64. The molecule has 1 saturated heterocycles. The SMILES string of the molecule is O=C(Cc1ccc[nH]1)N1CCCN(C(=O)c2ccc3[nH]c(=O)oc3c2)CC1. The summed E-state index contributed by atoms with van der Waals surface area (Å²) in [7, 11) is 0. The van der Waals surface area contributed by atoms with Crippen LogP contribution in [0.3, 0.4) is 0 Å². The highest BCUT2D eigenvalue weighted by Crippen LogP contribution is 2.16. The van der Waals surface area contributed by atoms with E-state index in [1.807, 2.05) is 17.0 Å². The third-order valence-electron chi connectivity index (χ3n) is 4.81. The molecule has 3 heterocycles. The van der Waals surface area contributed by atoms with Gasteiger partial charge in [-0.2, -0.15) is 0 Å². The zero-order chi connectivity index (χ0) is 18.8. The maximum absolute atomic E-state index is 12.8. The first kappa shape index (κ1) is 17.1. The van der Waals surface area contributed by atoms with Crippen LogP contribution in [0, 0.1) is 0 Å². The van der Waals surface area contributed by atoms with Crippen molar-refractivity contribution >= 4 is 22.9 Å². The molecule has 0 unspecified atom stereocenters. The van der Waals surface area contributed by atoms with Crippen molar-refractivity contribution in [3.63, 3.8) is 0 Å². The van der Waals surface area contributed by atoms with Crippen LogP contribution in [0.15, 0.2) is 45.7 Å². The number of benzene rings is 1. The number of aromatic amines is 2. The fourth-order valence-corrected chi connectivity index (χ4v) is 3.38. The van der Waals surface area contributed by atoms with Gasteiger partial charge >= 0.3 is 5.76 Å². The Morgan fingerprint density at radius 1 is 1.07 bits per heavy atom. The molecule has 0 saturated carbocycles. The smallest absolute Gasteiger partial charge is 0.408 e. The fourth-order valence-electron chi connectivity index (χ4n) is 3.38. The molecule has 2 N–H and O–H groups in total. The van der Waals surface area contributed by atoms with E-state index in [1.54, 1.807) is 29.3 Å². The number of nitrogens with zero attached hydrogens (tertiary/aromatic N) is 2. The zero-order valence-electron chi connectivity index (χ0n) is 14.7. The number of oxazole rings is 1. The predicted octanol–water partition coefficient (Wildman–Crippen LogP) is 1.37. The molecule has 1 aromatic carbocycles. The molecule has 8 nitrogen and oxygen atoms in total. The number of rotatable bonds is 3. The molecule has 8 heteroatoms. The average Bonchev–Trinajstić information content (AvgIpc) is 3.21. The van der Waals surface area contributed by atoms with Gasteiger partial charge < -0.3 is 19.2 Å². The Morgan fingerprint density at radius 3 is 2.70 bits per heavy atom. The molecule has 1 fully saturated rings. The minimum absolute atomic E-state index is 0.0577. The van der Waals surface area contributed by atoms with Gasteiger partial charge in [-0.25, -0.2) is 4.79 Å². The van der Waals surface area contributed by atoms with Crippen molar-refractivity contribution in [3.8, 4) is 0 Å². The van der Waals surface area contributed by atoms with Crippen LogP contribution in [0.2, 0.25) is 0 Å². The second kappa shape index (κ2) is 7.14. The fraction of sp³-hybridized carbons (Fsp3) is 0.316. The number of amides is 2. The monoisotopic (exact) mass is 368 g/mol. The molecule has 1 aliphatic rings. The summed E-state index contributed by atoms with van der Waals surface area (Å²) in [5, 5.41) is 0. The maximum atomic E-state index is 12.8. The normalized spacial score (nSPS) is 15.1. The van der Waals surface area contributed by atoms with Crippen molar-refractivity contribution in [1.29, 1.82) is 0 Å². The van der Waals surface area contributed by atoms with Gasteiger partial charge in [-0.15, -0.1) is 0 Å². The molecular weight excluding hydrogens is 348 g/mol. The molecule has 140 valence electrons. The van der Waals surface area contributed by atoms with Crippen molar-refractivity contribution in [2.24, 2.45) is 0 Å². The molecule has 1 aliphatic heterocycles. The molecule has 3 aromatic rings. The second-order valence-electron chi connectivity index (χ2n) is 6.62. The molecule has 4 rings (SSSR count). The van der Waals surface area contributed by atoms with Crippen LogP contribution in [0.1, 0.15) is 22.5 Å². The van der Waals surface area contributed by atoms with Crippen molar-refractivity contribution in [2.45, 2.75) is 12.8 Å². The largest absolute Gasteiger partial charge is 0.417 e. The first-order valence-corrected chi connectivity index (χ1v) is 8.92. The van der Waals surface area contributed by atoms with Gasteiger partial charge in [-0.3, -0.25) is 14.6 Å². The van der Waals surface area contributed by atoms with Gasteiger partial charge in [0.15, 0.2) is 5.58 Å². The van der Waals surface area contributed by atoms with Gasteiger partial charge in [0.1, 0.15) is 0 Å². The van der Waals surface area contributed by atoms with E-state index in [1.165, 1.54) is 0 Å². The van der Waals surface area contributed by atoms with Gasteiger partial charge in [0, 0.05) is 43.6 Å². The van der Waals surface area contributed by atoms with Crippen LogP contribution < -0.4 is 5.76 Å². The lowest BCUT2D eigenvalue weighted by molar-refractivity contribution is -0.130. The van der Waals surface area contributed by atoms with Gasteiger partial charge in [-0.05, 0) is 36.8 Å². The van der Waals surface area contributed by atoms with E-state index in [0.717, 1.165) is 12.1 Å². The van der Waals surface area contributed by atoms with Crippen LogP contribution in [0.4, 0.5) is 0 Å². The first-order valence-electron chi connectivity index (χ1n) is 8.92. The second-order valence-corrected chi connectivity index (χ2v) is 6.62. The molecule has 0 spiro atoms. The quantitative estimate of drug-likeness (QED) is 0.729. The zero-order valence-corrected chi connectivity index (χ0v) is 14.7. The van der Waals surface area contributed by atoms with Gasteiger partial charge in [0.05, 0.1) is 11.9 Å². The number of fused-ring (bicyclic) bond motifs is 1. The minimum atomic E-state index is -0.541. The number of nitrogens with one attached hydrogen (secondary N) is 2. The van der Waals surface area contributed by atoms with Crippen molar-refractivity contribution in [3.05, 3.63) is 58.3 Å². The summed E-state index contributed by atoms with van der Waals surface area (Å²) in [6.07, 6.45) is 2.86. The van der Waals surface area contributed by atoms with Gasteiger partial charge in [-0.1, -0.05) is 0 Å². The van der Waals surface area contributed by atoms with Crippen LogP contribution in [-0.2, 0) is 11.2 Å². The number of carbonyl (C=O) groups is 2. The Kier molecular flexibility index (Phi) is 4.53. The van der Waals surface area contributed by atoms with Crippen LogP contribution >= 0.6 is 0 Å². The molecule has 2 amide bonds. The van der Waals surface area contributed by atoms with E-state index in [-0.39, 0.29) is 11.8 Å². The first-order chi connectivity index (χ1) is 13.1. The van der Waals surface area contributed by atoms with Crippen LogP contribution in [-0.4, -0.2) is 57.8 Å². The highest BCUT2D eigenvalue weighted by atomic mass is 16.4. The van der Waals surface area contributed by atoms with E-state index < -0.39 is 5.76 Å². The Labute approximate surface area is 154 Å².